The Morgan fingerprint density at radius 2 is 1.62 bits per heavy atom. The van der Waals surface area contributed by atoms with Crippen LogP contribution in [0.1, 0.15) is 12.6 Å². The monoisotopic (exact) mass is 459 g/mol. The number of halogens is 2. The van der Waals surface area contributed by atoms with Crippen LogP contribution in [-0.4, -0.2) is 31.4 Å². The van der Waals surface area contributed by atoms with Gasteiger partial charge < -0.3 is 9.47 Å². The zero-order chi connectivity index (χ0) is 23.5. The first kappa shape index (κ1) is 21.4. The molecule has 0 saturated heterocycles. The maximum absolute atomic E-state index is 14.9. The van der Waals surface area contributed by atoms with E-state index in [1.165, 1.54) is 22.8 Å². The quantitative estimate of drug-likeness (QED) is 0.337. The molecule has 0 aliphatic heterocycles. The van der Waals surface area contributed by atoms with Crippen LogP contribution in [-0.2, 0) is 6.61 Å². The molecular formula is C25H19F2N5O2. The highest BCUT2D eigenvalue weighted by Gasteiger charge is 2.23. The zero-order valence-electron chi connectivity index (χ0n) is 18.2. The van der Waals surface area contributed by atoms with E-state index in [2.05, 4.69) is 20.3 Å². The van der Waals surface area contributed by atoms with Gasteiger partial charge in [-0.25, -0.2) is 13.3 Å². The lowest BCUT2D eigenvalue weighted by molar-refractivity contribution is 0.272. The molecule has 0 N–H and O–H groups in total. The second-order valence-electron chi connectivity index (χ2n) is 7.27. The van der Waals surface area contributed by atoms with Gasteiger partial charge >= 0.3 is 0 Å². The molecule has 5 aromatic rings. The summed E-state index contributed by atoms with van der Waals surface area (Å²) in [7, 11) is 0. The molecule has 3 aromatic heterocycles. The summed E-state index contributed by atoms with van der Waals surface area (Å²) in [5.74, 6) is -0.0676. The summed E-state index contributed by atoms with van der Waals surface area (Å²) in [6.07, 6.45) is 3.07. The van der Waals surface area contributed by atoms with Crippen LogP contribution in [0.4, 0.5) is 8.78 Å². The standard InChI is InChI=1S/C25H19F2N5O2/c1-2-33-22-12-7-13-28-20(22)15-34-25-23(16-8-3-5-10-18(16)26)21-14-29-30-24(32(21)31-25)17-9-4-6-11-19(17)27/h3-14H,2,15H2,1H3. The van der Waals surface area contributed by atoms with Crippen LogP contribution in [0, 0.1) is 11.6 Å². The maximum Gasteiger partial charge on any atom is 0.242 e. The fourth-order valence-electron chi connectivity index (χ4n) is 3.66. The molecule has 2 aromatic carbocycles. The van der Waals surface area contributed by atoms with Crippen molar-refractivity contribution in [3.05, 3.63) is 90.4 Å². The molecular weight excluding hydrogens is 440 g/mol. The summed E-state index contributed by atoms with van der Waals surface area (Å²) in [6, 6.07) is 16.0. The maximum atomic E-state index is 14.9. The number of benzene rings is 2. The highest BCUT2D eigenvalue weighted by atomic mass is 19.1. The van der Waals surface area contributed by atoms with E-state index in [9.17, 15) is 8.78 Å². The van der Waals surface area contributed by atoms with Crippen LogP contribution in [0.15, 0.2) is 73.1 Å². The number of hydrogen-bond acceptors (Lipinski definition) is 6. The minimum atomic E-state index is -0.482. The fraction of sp³-hybridized carbons (Fsp3) is 0.120. The van der Waals surface area contributed by atoms with Crippen molar-refractivity contribution in [3.63, 3.8) is 0 Å². The lowest BCUT2D eigenvalue weighted by Gasteiger charge is -2.10. The average molecular weight is 459 g/mol. The molecule has 0 spiro atoms. The van der Waals surface area contributed by atoms with Crippen molar-refractivity contribution in [2.75, 3.05) is 6.61 Å². The Labute approximate surface area is 193 Å². The Kier molecular flexibility index (Phi) is 5.82. The van der Waals surface area contributed by atoms with E-state index in [0.717, 1.165) is 0 Å². The summed E-state index contributed by atoms with van der Waals surface area (Å²) in [5.41, 5.74) is 1.83. The van der Waals surface area contributed by atoms with Crippen molar-refractivity contribution in [3.8, 4) is 34.1 Å². The van der Waals surface area contributed by atoms with E-state index in [1.807, 2.05) is 6.92 Å². The molecule has 0 atom stereocenters. The van der Waals surface area contributed by atoms with Crippen LogP contribution >= 0.6 is 0 Å². The summed E-state index contributed by atoms with van der Waals surface area (Å²) < 4.78 is 42.5. The third kappa shape index (κ3) is 3.92. The van der Waals surface area contributed by atoms with Gasteiger partial charge in [-0.1, -0.05) is 30.3 Å². The van der Waals surface area contributed by atoms with E-state index < -0.39 is 11.6 Å². The molecule has 0 aliphatic rings. The summed E-state index contributed by atoms with van der Waals surface area (Å²) in [5, 5.41) is 12.7. The van der Waals surface area contributed by atoms with E-state index >= 15 is 0 Å². The second-order valence-corrected chi connectivity index (χ2v) is 7.27. The van der Waals surface area contributed by atoms with Gasteiger partial charge in [0.15, 0.2) is 5.82 Å². The van der Waals surface area contributed by atoms with E-state index in [1.54, 1.807) is 54.7 Å². The number of ether oxygens (including phenoxy) is 2. The first-order chi connectivity index (χ1) is 16.7. The largest absolute Gasteiger partial charge is 0.492 e. The van der Waals surface area contributed by atoms with Gasteiger partial charge in [-0.05, 0) is 37.3 Å². The minimum Gasteiger partial charge on any atom is -0.492 e. The van der Waals surface area contributed by atoms with Gasteiger partial charge in [-0.15, -0.1) is 10.2 Å². The zero-order valence-corrected chi connectivity index (χ0v) is 18.2. The Hall–Kier alpha value is -4.40. The fourth-order valence-corrected chi connectivity index (χ4v) is 3.66. The molecule has 170 valence electrons. The van der Waals surface area contributed by atoms with Gasteiger partial charge in [0.1, 0.15) is 35.2 Å². The topological polar surface area (TPSA) is 74.4 Å². The molecule has 0 unspecified atom stereocenters. The normalized spacial score (nSPS) is 11.0. The van der Waals surface area contributed by atoms with Gasteiger partial charge in [-0.2, -0.15) is 5.10 Å². The molecule has 9 heteroatoms. The lowest BCUT2D eigenvalue weighted by atomic mass is 10.1. The van der Waals surface area contributed by atoms with Gasteiger partial charge in [0.25, 0.3) is 0 Å². The highest BCUT2D eigenvalue weighted by molar-refractivity contribution is 5.85. The van der Waals surface area contributed by atoms with Crippen LogP contribution in [0.3, 0.4) is 0 Å². The van der Waals surface area contributed by atoms with Crippen molar-refractivity contribution in [1.82, 2.24) is 24.8 Å². The molecule has 7 nitrogen and oxygen atoms in total. The summed E-state index contributed by atoms with van der Waals surface area (Å²) in [4.78, 5) is 4.33. The van der Waals surface area contributed by atoms with Crippen LogP contribution in [0.2, 0.25) is 0 Å². The van der Waals surface area contributed by atoms with E-state index in [4.69, 9.17) is 9.47 Å². The first-order valence-corrected chi connectivity index (χ1v) is 10.6. The summed E-state index contributed by atoms with van der Waals surface area (Å²) in [6.45, 7) is 2.37. The highest BCUT2D eigenvalue weighted by Crippen LogP contribution is 2.37. The average Bonchev–Trinajstić information content (AvgIpc) is 3.23. The van der Waals surface area contributed by atoms with Gasteiger partial charge in [-0.3, -0.25) is 4.98 Å². The Bertz CT molecular complexity index is 1470. The Balaban J connectivity index is 1.66. The first-order valence-electron chi connectivity index (χ1n) is 10.6. The summed E-state index contributed by atoms with van der Waals surface area (Å²) >= 11 is 0. The smallest absolute Gasteiger partial charge is 0.242 e. The molecule has 0 aliphatic carbocycles. The number of fused-ring (bicyclic) bond motifs is 1. The molecule has 0 fully saturated rings. The third-order valence-corrected chi connectivity index (χ3v) is 5.17. The number of rotatable bonds is 7. The Morgan fingerprint density at radius 3 is 2.35 bits per heavy atom. The van der Waals surface area contributed by atoms with Crippen molar-refractivity contribution in [2.24, 2.45) is 0 Å². The molecule has 5 rings (SSSR count). The van der Waals surface area contributed by atoms with E-state index in [-0.39, 0.29) is 29.4 Å². The predicted octanol–water partition coefficient (Wildman–Crippen LogP) is 5.11. The molecule has 0 amide bonds. The predicted molar refractivity (Wildman–Crippen MR) is 121 cm³/mol. The SMILES string of the molecule is CCOc1cccnc1COc1nn2c(-c3ccccc3F)nncc2c1-c1ccccc1F. The number of hydrogen-bond donors (Lipinski definition) is 0. The van der Waals surface area contributed by atoms with Crippen LogP contribution < -0.4 is 9.47 Å². The van der Waals surface area contributed by atoms with Gasteiger partial charge in [0.05, 0.1) is 23.9 Å². The number of aromatic nitrogens is 5. The lowest BCUT2D eigenvalue weighted by Crippen LogP contribution is -2.04. The Morgan fingerprint density at radius 1 is 0.882 bits per heavy atom. The molecule has 0 saturated carbocycles. The van der Waals surface area contributed by atoms with Crippen LogP contribution in [0.5, 0.6) is 11.6 Å². The van der Waals surface area contributed by atoms with Crippen molar-refractivity contribution in [1.29, 1.82) is 0 Å². The number of nitrogens with zero attached hydrogens (tertiary/aromatic N) is 5. The van der Waals surface area contributed by atoms with Crippen molar-refractivity contribution >= 4 is 5.52 Å². The second kappa shape index (κ2) is 9.22. The van der Waals surface area contributed by atoms with Gasteiger partial charge in [0.2, 0.25) is 5.88 Å². The molecule has 0 bridgehead atoms. The molecule has 34 heavy (non-hydrogen) atoms. The number of pyridine rings is 1. The third-order valence-electron chi connectivity index (χ3n) is 5.17. The van der Waals surface area contributed by atoms with Crippen molar-refractivity contribution < 1.29 is 18.3 Å². The molecule has 0 radical (unpaired) electrons. The minimum absolute atomic E-state index is 0.0252. The molecule has 3 heterocycles. The van der Waals surface area contributed by atoms with Crippen molar-refractivity contribution in [2.45, 2.75) is 13.5 Å². The van der Waals surface area contributed by atoms with Crippen LogP contribution in [0.25, 0.3) is 28.0 Å². The van der Waals surface area contributed by atoms with Gasteiger partial charge in [0, 0.05) is 11.8 Å². The van der Waals surface area contributed by atoms with E-state index in [0.29, 0.717) is 29.1 Å².